The molecule has 2 aromatic carbocycles. The first-order valence-corrected chi connectivity index (χ1v) is 13.3. The lowest BCUT2D eigenvalue weighted by molar-refractivity contribution is -0.126. The summed E-state index contributed by atoms with van der Waals surface area (Å²) in [5.74, 6) is -0.0587. The summed E-state index contributed by atoms with van der Waals surface area (Å²) in [6.07, 6.45) is 1.01. The predicted molar refractivity (Wildman–Crippen MR) is 134 cm³/mol. The zero-order valence-corrected chi connectivity index (χ0v) is 22.0. The van der Waals surface area contributed by atoms with Crippen LogP contribution in [-0.4, -0.2) is 33.6 Å². The molecule has 8 heteroatoms. The third kappa shape index (κ3) is 4.95. The number of carbonyl (C=O) groups excluding carboxylic acids is 1. The number of hydrogen-bond acceptors (Lipinski definition) is 4. The molecule has 1 fully saturated rings. The van der Waals surface area contributed by atoms with Crippen molar-refractivity contribution in [1.29, 1.82) is 0 Å². The van der Waals surface area contributed by atoms with Gasteiger partial charge in [-0.05, 0) is 68.7 Å². The smallest absolute Gasteiger partial charge is 0.232 e. The Morgan fingerprint density at radius 1 is 1.09 bits per heavy atom. The first-order chi connectivity index (χ1) is 15.3. The maximum absolute atomic E-state index is 13.9. The van der Waals surface area contributed by atoms with Crippen molar-refractivity contribution in [2.75, 3.05) is 18.1 Å². The van der Waals surface area contributed by atoms with Gasteiger partial charge in [0.15, 0.2) is 9.84 Å². The highest BCUT2D eigenvalue weighted by molar-refractivity contribution is 7.92. The molecule has 1 aliphatic heterocycles. The summed E-state index contributed by atoms with van der Waals surface area (Å²) in [5.41, 5.74) is 0.520. The van der Waals surface area contributed by atoms with Gasteiger partial charge in [-0.3, -0.25) is 4.79 Å². The highest BCUT2D eigenvalue weighted by atomic mass is 35.5. The molecular weight excluding hydrogens is 481 g/mol. The van der Waals surface area contributed by atoms with Crippen molar-refractivity contribution < 1.29 is 17.9 Å². The summed E-state index contributed by atoms with van der Waals surface area (Å²) in [6.45, 7) is 9.97. The van der Waals surface area contributed by atoms with E-state index in [0.29, 0.717) is 40.7 Å². The van der Waals surface area contributed by atoms with Crippen molar-refractivity contribution in [3.63, 3.8) is 0 Å². The highest BCUT2D eigenvalue weighted by Gasteiger charge is 2.48. The standard InChI is InChI=1S/C25H31Cl2NO4S/c1-17(2)28(23(29)24(3,4)5)22-12-7-18(15-21(22)27)25(13-6-14-32-16-25)33(30,31)20-10-8-19(26)9-11-20/h7-12,15,17H,6,13-14,16H2,1-5H3. The fraction of sp³-hybridized carbons (Fsp3) is 0.480. The zero-order chi connectivity index (χ0) is 24.6. The van der Waals surface area contributed by atoms with Crippen molar-refractivity contribution in [2.45, 2.75) is 63.1 Å². The summed E-state index contributed by atoms with van der Waals surface area (Å²) < 4.78 is 32.2. The van der Waals surface area contributed by atoms with Crippen molar-refractivity contribution in [3.8, 4) is 0 Å². The number of nitrogens with zero attached hydrogens (tertiary/aromatic N) is 1. The zero-order valence-electron chi connectivity index (χ0n) is 19.7. The molecular formula is C25H31Cl2NO4S. The molecule has 0 spiro atoms. The molecule has 180 valence electrons. The molecule has 5 nitrogen and oxygen atoms in total. The summed E-state index contributed by atoms with van der Waals surface area (Å²) in [7, 11) is -3.82. The normalized spacial score (nSPS) is 19.5. The van der Waals surface area contributed by atoms with Gasteiger partial charge in [0.1, 0.15) is 4.75 Å². The van der Waals surface area contributed by atoms with Crippen LogP contribution < -0.4 is 4.90 Å². The lowest BCUT2D eigenvalue weighted by Crippen LogP contribution is -2.45. The maximum atomic E-state index is 13.9. The Kier molecular flexibility index (Phi) is 7.54. The van der Waals surface area contributed by atoms with Crippen molar-refractivity contribution in [1.82, 2.24) is 0 Å². The molecule has 1 unspecified atom stereocenters. The summed E-state index contributed by atoms with van der Waals surface area (Å²) in [6, 6.07) is 11.2. The Balaban J connectivity index is 2.13. The van der Waals surface area contributed by atoms with E-state index in [-0.39, 0.29) is 23.5 Å². The third-order valence-corrected chi connectivity index (χ3v) is 8.99. The number of amides is 1. The lowest BCUT2D eigenvalue weighted by atomic mass is 9.91. The summed E-state index contributed by atoms with van der Waals surface area (Å²) in [4.78, 5) is 15.0. The van der Waals surface area contributed by atoms with Gasteiger partial charge in [-0.15, -0.1) is 0 Å². The van der Waals surface area contributed by atoms with Gasteiger partial charge < -0.3 is 9.64 Å². The second-order valence-corrected chi connectivity index (χ2v) is 12.9. The van der Waals surface area contributed by atoms with Gasteiger partial charge in [0.05, 0.1) is 22.2 Å². The van der Waals surface area contributed by atoms with E-state index in [2.05, 4.69) is 0 Å². The average Bonchev–Trinajstić information content (AvgIpc) is 2.74. The molecule has 1 amide bonds. The SMILES string of the molecule is CC(C)N(C(=O)C(C)(C)C)c1ccc(C2(S(=O)(=O)c3ccc(Cl)cc3)CCCOC2)cc1Cl. The third-order valence-electron chi connectivity index (χ3n) is 5.95. The molecule has 0 bridgehead atoms. The molecule has 1 heterocycles. The molecule has 33 heavy (non-hydrogen) atoms. The van der Waals surface area contributed by atoms with Crippen LogP contribution in [-0.2, 0) is 24.1 Å². The summed E-state index contributed by atoms with van der Waals surface area (Å²) in [5, 5.41) is 0.794. The molecule has 1 atom stereocenters. The van der Waals surface area contributed by atoms with E-state index in [0.717, 1.165) is 0 Å². The van der Waals surface area contributed by atoms with Gasteiger partial charge in [0.2, 0.25) is 5.91 Å². The van der Waals surface area contributed by atoms with E-state index in [9.17, 15) is 13.2 Å². The van der Waals surface area contributed by atoms with Gasteiger partial charge in [-0.25, -0.2) is 8.42 Å². The molecule has 0 aliphatic carbocycles. The number of rotatable bonds is 5. The van der Waals surface area contributed by atoms with E-state index >= 15 is 0 Å². The first kappa shape index (κ1) is 26.0. The quantitative estimate of drug-likeness (QED) is 0.474. The van der Waals surface area contributed by atoms with Gasteiger partial charge in [-0.2, -0.15) is 0 Å². The molecule has 2 aromatic rings. The van der Waals surface area contributed by atoms with E-state index < -0.39 is 20.0 Å². The average molecular weight is 512 g/mol. The number of carbonyl (C=O) groups is 1. The minimum absolute atomic E-state index is 0.0302. The Hall–Kier alpha value is -1.60. The Morgan fingerprint density at radius 2 is 1.73 bits per heavy atom. The van der Waals surface area contributed by atoms with E-state index in [1.165, 1.54) is 12.1 Å². The van der Waals surface area contributed by atoms with Crippen LogP contribution in [0, 0.1) is 5.41 Å². The highest BCUT2D eigenvalue weighted by Crippen LogP contribution is 2.44. The van der Waals surface area contributed by atoms with Crippen LogP contribution in [0.5, 0.6) is 0 Å². The number of sulfone groups is 1. The van der Waals surface area contributed by atoms with Crippen LogP contribution in [0.4, 0.5) is 5.69 Å². The fourth-order valence-corrected chi connectivity index (χ4v) is 6.60. The largest absolute Gasteiger partial charge is 0.379 e. The van der Waals surface area contributed by atoms with Crippen LogP contribution in [0.15, 0.2) is 47.4 Å². The second kappa shape index (κ2) is 9.57. The second-order valence-electron chi connectivity index (χ2n) is 9.79. The first-order valence-electron chi connectivity index (χ1n) is 11.0. The molecule has 3 rings (SSSR count). The van der Waals surface area contributed by atoms with Crippen molar-refractivity contribution >= 4 is 44.6 Å². The molecule has 0 aromatic heterocycles. The van der Waals surface area contributed by atoms with E-state index in [1.807, 2.05) is 34.6 Å². The Labute approximate surface area is 206 Å². The number of ether oxygens (including phenoxy) is 1. The monoisotopic (exact) mass is 511 g/mol. The minimum atomic E-state index is -3.82. The van der Waals surface area contributed by atoms with Gasteiger partial charge >= 0.3 is 0 Å². The number of hydrogen-bond donors (Lipinski definition) is 0. The number of anilines is 1. The fourth-order valence-electron chi connectivity index (χ4n) is 4.17. The van der Waals surface area contributed by atoms with Crippen LogP contribution in [0.3, 0.4) is 0 Å². The van der Waals surface area contributed by atoms with E-state index in [4.69, 9.17) is 27.9 Å². The van der Waals surface area contributed by atoms with Gasteiger partial charge in [0.25, 0.3) is 0 Å². The molecule has 0 saturated carbocycles. The van der Waals surface area contributed by atoms with E-state index in [1.54, 1.807) is 35.2 Å². The topological polar surface area (TPSA) is 63.7 Å². The van der Waals surface area contributed by atoms with Gasteiger partial charge in [0, 0.05) is 23.1 Å². The molecule has 0 N–H and O–H groups in total. The van der Waals surface area contributed by atoms with Crippen molar-refractivity contribution in [3.05, 3.63) is 58.1 Å². The van der Waals surface area contributed by atoms with Crippen molar-refractivity contribution in [2.24, 2.45) is 5.41 Å². The van der Waals surface area contributed by atoms with Gasteiger partial charge in [-0.1, -0.05) is 50.0 Å². The molecule has 1 saturated heterocycles. The Bertz CT molecular complexity index is 1120. The minimum Gasteiger partial charge on any atom is -0.379 e. The van der Waals surface area contributed by atoms with Crippen LogP contribution in [0.25, 0.3) is 0 Å². The van der Waals surface area contributed by atoms with Crippen LogP contribution in [0.2, 0.25) is 10.0 Å². The Morgan fingerprint density at radius 3 is 2.21 bits per heavy atom. The molecule has 1 aliphatic rings. The van der Waals surface area contributed by atoms with Crippen LogP contribution >= 0.6 is 23.2 Å². The molecule has 0 radical (unpaired) electrons. The predicted octanol–water partition coefficient (Wildman–Crippen LogP) is 6.26. The lowest BCUT2D eigenvalue weighted by Gasteiger charge is -2.38. The maximum Gasteiger partial charge on any atom is 0.232 e. The number of benzene rings is 2. The van der Waals surface area contributed by atoms with Crippen LogP contribution in [0.1, 0.15) is 53.0 Å². The summed E-state index contributed by atoms with van der Waals surface area (Å²) >= 11 is 12.7. The number of halogens is 2.